The molecule has 0 fully saturated rings. The van der Waals surface area contributed by atoms with Gasteiger partial charge in [0.05, 0.1) is 11.3 Å². The molecule has 0 atom stereocenters. The van der Waals surface area contributed by atoms with Gasteiger partial charge >= 0.3 is 0 Å². The zero-order chi connectivity index (χ0) is 28.7. The molecule has 0 saturated heterocycles. The van der Waals surface area contributed by atoms with Crippen LogP contribution in [0, 0.1) is 19.3 Å². The number of amides is 2. The van der Waals surface area contributed by atoms with Crippen LogP contribution in [0.25, 0.3) is 5.57 Å². The molecule has 0 bridgehead atoms. The van der Waals surface area contributed by atoms with Crippen molar-refractivity contribution in [3.05, 3.63) is 62.2 Å². The van der Waals surface area contributed by atoms with E-state index in [0.29, 0.717) is 54.1 Å². The Balaban J connectivity index is 1.86. The van der Waals surface area contributed by atoms with Gasteiger partial charge < -0.3 is 30.8 Å². The molecule has 2 amide bonds. The molecule has 1 aliphatic heterocycles. The van der Waals surface area contributed by atoms with Gasteiger partial charge in [0.25, 0.3) is 11.5 Å². The number of pyridine rings is 2. The lowest BCUT2D eigenvalue weighted by Gasteiger charge is -2.27. The highest BCUT2D eigenvalue weighted by molar-refractivity contribution is 6.05. The molecule has 0 radical (unpaired) electrons. The normalized spacial score (nSPS) is 13.4. The van der Waals surface area contributed by atoms with Crippen molar-refractivity contribution in [3.8, 4) is 0 Å². The average molecular weight is 536 g/mol. The van der Waals surface area contributed by atoms with E-state index in [1.807, 2.05) is 58.8 Å². The molecule has 0 aliphatic carbocycles. The second-order valence-electron chi connectivity index (χ2n) is 10.6. The fourth-order valence-corrected chi connectivity index (χ4v) is 4.63. The van der Waals surface area contributed by atoms with Crippen LogP contribution in [0.1, 0.15) is 71.5 Å². The Hall–Kier alpha value is -3.79. The standard InChI is InChI=1S/C29H41N7O3/c1-18(2)32-27-23(16-30)22(28(38)31-17-24-19(3)14-20(4)33-29(24)39)15-25(34-27)21-9-12-36(13-10-21)26(37)8-7-11-35(5)6/h9,14-16,18,30H,7-8,10-13,17H2,1-6H3,(H,31,38)(H,32,34)(H,33,39). The van der Waals surface area contributed by atoms with E-state index in [4.69, 9.17) is 10.4 Å². The average Bonchev–Trinajstić information content (AvgIpc) is 2.87. The maximum Gasteiger partial charge on any atom is 0.253 e. The van der Waals surface area contributed by atoms with Crippen molar-refractivity contribution < 1.29 is 9.59 Å². The summed E-state index contributed by atoms with van der Waals surface area (Å²) < 4.78 is 0. The molecular weight excluding hydrogens is 494 g/mol. The molecule has 3 rings (SSSR count). The summed E-state index contributed by atoms with van der Waals surface area (Å²) in [7, 11) is 3.99. The van der Waals surface area contributed by atoms with E-state index < -0.39 is 5.91 Å². The van der Waals surface area contributed by atoms with Gasteiger partial charge in [0.1, 0.15) is 5.82 Å². The van der Waals surface area contributed by atoms with Gasteiger partial charge in [-0.1, -0.05) is 6.08 Å². The largest absolute Gasteiger partial charge is 0.367 e. The van der Waals surface area contributed by atoms with Crippen molar-refractivity contribution >= 4 is 29.4 Å². The van der Waals surface area contributed by atoms with Crippen molar-refractivity contribution in [2.75, 3.05) is 39.0 Å². The molecule has 10 nitrogen and oxygen atoms in total. The third-order valence-electron chi connectivity index (χ3n) is 6.68. The van der Waals surface area contributed by atoms with Gasteiger partial charge in [0.2, 0.25) is 5.91 Å². The summed E-state index contributed by atoms with van der Waals surface area (Å²) in [5.41, 5.74) is 4.10. The van der Waals surface area contributed by atoms with Gasteiger partial charge in [0.15, 0.2) is 0 Å². The van der Waals surface area contributed by atoms with E-state index in [-0.39, 0.29) is 24.1 Å². The number of rotatable bonds is 11. The highest BCUT2D eigenvalue weighted by atomic mass is 16.2. The Kier molecular flexibility index (Phi) is 10.2. The number of nitrogens with one attached hydrogen (secondary N) is 4. The van der Waals surface area contributed by atoms with Crippen LogP contribution >= 0.6 is 0 Å². The number of nitrogens with zero attached hydrogens (tertiary/aromatic N) is 3. The number of H-pyrrole nitrogens is 1. The maximum atomic E-state index is 13.4. The Morgan fingerprint density at radius 2 is 2.00 bits per heavy atom. The van der Waals surface area contributed by atoms with Gasteiger partial charge in [-0.15, -0.1) is 0 Å². The zero-order valence-corrected chi connectivity index (χ0v) is 23.9. The van der Waals surface area contributed by atoms with E-state index in [2.05, 4.69) is 20.5 Å². The Morgan fingerprint density at radius 3 is 2.59 bits per heavy atom. The SMILES string of the molecule is Cc1cc(C)c(CNC(=O)c2cc(C3=CCN(C(=O)CCCN(C)C)CC3)nc(NC(C)C)c2C=N)c(=O)[nH]1. The molecule has 0 unspecified atom stereocenters. The molecule has 4 N–H and O–H groups in total. The van der Waals surface area contributed by atoms with E-state index in [1.54, 1.807) is 6.07 Å². The molecular formula is C29H41N7O3. The van der Waals surface area contributed by atoms with E-state index >= 15 is 0 Å². The van der Waals surface area contributed by atoms with Crippen LogP contribution in [0.5, 0.6) is 0 Å². The van der Waals surface area contributed by atoms with Crippen LogP contribution in [0.15, 0.2) is 23.0 Å². The number of hydrogen-bond donors (Lipinski definition) is 4. The number of carbonyl (C=O) groups excluding carboxylic acids is 2. The minimum Gasteiger partial charge on any atom is -0.367 e. The molecule has 1 aliphatic rings. The molecule has 0 saturated carbocycles. The fourth-order valence-electron chi connectivity index (χ4n) is 4.63. The van der Waals surface area contributed by atoms with Gasteiger partial charge in [-0.3, -0.25) is 14.4 Å². The van der Waals surface area contributed by atoms with Crippen LogP contribution in [-0.2, 0) is 11.3 Å². The minimum atomic E-state index is -0.391. The van der Waals surface area contributed by atoms with E-state index in [0.717, 1.165) is 36.0 Å². The summed E-state index contributed by atoms with van der Waals surface area (Å²) in [6, 6.07) is 3.60. The number of aryl methyl sites for hydroxylation is 2. The lowest BCUT2D eigenvalue weighted by Crippen LogP contribution is -2.35. The van der Waals surface area contributed by atoms with Gasteiger partial charge in [-0.25, -0.2) is 4.98 Å². The molecule has 10 heteroatoms. The summed E-state index contributed by atoms with van der Waals surface area (Å²) in [5, 5.41) is 14.1. The molecule has 0 aromatic carbocycles. The van der Waals surface area contributed by atoms with Crippen LogP contribution < -0.4 is 16.2 Å². The van der Waals surface area contributed by atoms with Crippen LogP contribution in [0.2, 0.25) is 0 Å². The van der Waals surface area contributed by atoms with Crippen LogP contribution in [-0.4, -0.2) is 77.6 Å². The predicted molar refractivity (Wildman–Crippen MR) is 156 cm³/mol. The number of carbonyl (C=O) groups is 2. The molecule has 2 aromatic rings. The summed E-state index contributed by atoms with van der Waals surface area (Å²) in [6.07, 6.45) is 5.09. The molecule has 39 heavy (non-hydrogen) atoms. The smallest absolute Gasteiger partial charge is 0.253 e. The van der Waals surface area contributed by atoms with Gasteiger partial charge in [0, 0.05) is 55.1 Å². The highest BCUT2D eigenvalue weighted by Crippen LogP contribution is 2.27. The zero-order valence-electron chi connectivity index (χ0n) is 23.9. The van der Waals surface area contributed by atoms with Gasteiger partial charge in [-0.2, -0.15) is 0 Å². The van der Waals surface area contributed by atoms with Crippen molar-refractivity contribution in [2.45, 2.75) is 59.5 Å². The molecule has 3 heterocycles. The number of aromatic amines is 1. The number of hydrogen-bond acceptors (Lipinski definition) is 7. The quantitative estimate of drug-likeness (QED) is 0.327. The highest BCUT2D eigenvalue weighted by Gasteiger charge is 2.23. The second kappa shape index (κ2) is 13.3. The Labute approximate surface area is 230 Å². The summed E-state index contributed by atoms with van der Waals surface area (Å²) in [4.78, 5) is 49.9. The Morgan fingerprint density at radius 1 is 1.26 bits per heavy atom. The monoisotopic (exact) mass is 535 g/mol. The topological polar surface area (TPSA) is 134 Å². The Bertz CT molecular complexity index is 1310. The molecule has 210 valence electrons. The first-order valence-electron chi connectivity index (χ1n) is 13.4. The van der Waals surface area contributed by atoms with Gasteiger partial charge in [-0.05, 0) is 84.4 Å². The van der Waals surface area contributed by atoms with Crippen molar-refractivity contribution in [1.29, 1.82) is 5.41 Å². The van der Waals surface area contributed by atoms with Crippen molar-refractivity contribution in [1.82, 2.24) is 25.1 Å². The first-order valence-corrected chi connectivity index (χ1v) is 13.4. The summed E-state index contributed by atoms with van der Waals surface area (Å²) in [6.45, 7) is 9.61. The first-order chi connectivity index (χ1) is 18.5. The lowest BCUT2D eigenvalue weighted by atomic mass is 9.99. The number of aromatic nitrogens is 2. The van der Waals surface area contributed by atoms with E-state index in [9.17, 15) is 14.4 Å². The van der Waals surface area contributed by atoms with Crippen molar-refractivity contribution in [2.24, 2.45) is 0 Å². The fraction of sp³-hybridized carbons (Fsp3) is 0.483. The lowest BCUT2D eigenvalue weighted by molar-refractivity contribution is -0.130. The third kappa shape index (κ3) is 7.86. The van der Waals surface area contributed by atoms with Crippen LogP contribution in [0.4, 0.5) is 5.82 Å². The van der Waals surface area contributed by atoms with E-state index in [1.165, 1.54) is 0 Å². The summed E-state index contributed by atoms with van der Waals surface area (Å²) >= 11 is 0. The van der Waals surface area contributed by atoms with Crippen LogP contribution in [0.3, 0.4) is 0 Å². The maximum absolute atomic E-state index is 13.4. The molecule has 0 spiro atoms. The third-order valence-corrected chi connectivity index (χ3v) is 6.68. The van der Waals surface area contributed by atoms with Crippen molar-refractivity contribution in [3.63, 3.8) is 0 Å². The molecule has 2 aromatic heterocycles. The minimum absolute atomic E-state index is 0.0340. The second-order valence-corrected chi connectivity index (χ2v) is 10.6. The predicted octanol–water partition coefficient (Wildman–Crippen LogP) is 3.09. The summed E-state index contributed by atoms with van der Waals surface area (Å²) in [5.74, 6) is 0.204. The number of anilines is 1. The first kappa shape index (κ1) is 29.8.